The Bertz CT molecular complexity index is 379. The van der Waals surface area contributed by atoms with E-state index in [0.29, 0.717) is 11.6 Å². The van der Waals surface area contributed by atoms with Gasteiger partial charge in [0.05, 0.1) is 6.61 Å². The first-order valence-corrected chi connectivity index (χ1v) is 6.86. The Morgan fingerprint density at radius 3 is 2.83 bits per heavy atom. The Balaban J connectivity index is 2.09. The topological polar surface area (TPSA) is 23.5 Å². The minimum absolute atomic E-state index is 0.170. The molecule has 1 aromatic carbocycles. The van der Waals surface area contributed by atoms with Crippen molar-refractivity contribution in [3.63, 3.8) is 0 Å². The molecule has 0 spiro atoms. The van der Waals surface area contributed by atoms with Crippen molar-refractivity contribution in [2.45, 2.75) is 38.3 Å². The molecule has 1 N–H and O–H groups in total. The number of hydrogen-bond donors (Lipinski definition) is 1. The Labute approximate surface area is 112 Å². The summed E-state index contributed by atoms with van der Waals surface area (Å²) in [6.07, 6.45) is 4.52. The SMILES string of the molecule is OC[C@H]1CCCCCN1Cc1cc(F)cc(Cl)c1. The Morgan fingerprint density at radius 1 is 1.28 bits per heavy atom. The fourth-order valence-electron chi connectivity index (χ4n) is 2.59. The Kier molecular flexibility index (Phi) is 4.98. The lowest BCUT2D eigenvalue weighted by molar-refractivity contribution is 0.118. The summed E-state index contributed by atoms with van der Waals surface area (Å²) in [6.45, 7) is 1.78. The van der Waals surface area contributed by atoms with E-state index in [1.807, 2.05) is 0 Å². The lowest BCUT2D eigenvalue weighted by Crippen LogP contribution is -2.36. The van der Waals surface area contributed by atoms with Crippen LogP contribution in [-0.4, -0.2) is 29.2 Å². The monoisotopic (exact) mass is 271 g/mol. The molecule has 1 fully saturated rings. The number of hydrogen-bond acceptors (Lipinski definition) is 2. The molecule has 0 bridgehead atoms. The second-order valence-corrected chi connectivity index (χ2v) is 5.37. The van der Waals surface area contributed by atoms with Gasteiger partial charge in [0.25, 0.3) is 0 Å². The molecule has 0 saturated carbocycles. The van der Waals surface area contributed by atoms with Gasteiger partial charge in [-0.05, 0) is 43.1 Å². The third kappa shape index (κ3) is 3.67. The average molecular weight is 272 g/mol. The Hall–Kier alpha value is -0.640. The maximum absolute atomic E-state index is 13.3. The van der Waals surface area contributed by atoms with Crippen LogP contribution in [0.15, 0.2) is 18.2 Å². The first-order valence-electron chi connectivity index (χ1n) is 6.49. The molecule has 0 radical (unpaired) electrons. The molecule has 0 aliphatic carbocycles. The zero-order valence-electron chi connectivity index (χ0n) is 10.4. The van der Waals surface area contributed by atoms with E-state index in [4.69, 9.17) is 11.6 Å². The second kappa shape index (κ2) is 6.50. The largest absolute Gasteiger partial charge is 0.395 e. The first-order chi connectivity index (χ1) is 8.69. The van der Waals surface area contributed by atoms with Crippen LogP contribution in [0.3, 0.4) is 0 Å². The molecule has 2 rings (SSSR count). The number of aliphatic hydroxyl groups is 1. The molecule has 1 aromatic rings. The predicted octanol–water partition coefficient (Wildman–Crippen LogP) is 3.22. The van der Waals surface area contributed by atoms with Crippen molar-refractivity contribution in [3.05, 3.63) is 34.6 Å². The van der Waals surface area contributed by atoms with Crippen LogP contribution in [0.25, 0.3) is 0 Å². The van der Waals surface area contributed by atoms with Crippen LogP contribution in [0.1, 0.15) is 31.2 Å². The smallest absolute Gasteiger partial charge is 0.125 e. The average Bonchev–Trinajstić information content (AvgIpc) is 2.52. The number of aliphatic hydroxyl groups excluding tert-OH is 1. The van der Waals surface area contributed by atoms with Gasteiger partial charge in [0.15, 0.2) is 0 Å². The van der Waals surface area contributed by atoms with Gasteiger partial charge in [-0.3, -0.25) is 4.90 Å². The summed E-state index contributed by atoms with van der Waals surface area (Å²) in [7, 11) is 0. The summed E-state index contributed by atoms with van der Waals surface area (Å²) in [5.74, 6) is -0.298. The van der Waals surface area contributed by atoms with Crippen molar-refractivity contribution in [1.82, 2.24) is 4.90 Å². The molecule has 1 heterocycles. The van der Waals surface area contributed by atoms with Crippen LogP contribution >= 0.6 is 11.6 Å². The van der Waals surface area contributed by atoms with Crippen LogP contribution < -0.4 is 0 Å². The standard InChI is InChI=1S/C14H19ClFNO/c15-12-6-11(7-13(16)8-12)9-17-5-3-1-2-4-14(17)10-18/h6-8,14,18H,1-5,9-10H2/t14-/m1/s1. The predicted molar refractivity (Wildman–Crippen MR) is 71.2 cm³/mol. The number of rotatable bonds is 3. The highest BCUT2D eigenvalue weighted by Gasteiger charge is 2.20. The van der Waals surface area contributed by atoms with Gasteiger partial charge >= 0.3 is 0 Å². The van der Waals surface area contributed by atoms with Crippen LogP contribution in [0.2, 0.25) is 5.02 Å². The van der Waals surface area contributed by atoms with Crippen LogP contribution in [-0.2, 0) is 6.54 Å². The van der Waals surface area contributed by atoms with Crippen LogP contribution in [0, 0.1) is 5.82 Å². The highest BCUT2D eigenvalue weighted by atomic mass is 35.5. The summed E-state index contributed by atoms with van der Waals surface area (Å²) < 4.78 is 13.3. The van der Waals surface area contributed by atoms with E-state index < -0.39 is 0 Å². The van der Waals surface area contributed by atoms with E-state index in [-0.39, 0.29) is 18.5 Å². The number of benzene rings is 1. The molecule has 100 valence electrons. The van der Waals surface area contributed by atoms with E-state index in [1.54, 1.807) is 6.07 Å². The first kappa shape index (κ1) is 13.8. The van der Waals surface area contributed by atoms with Crippen molar-refractivity contribution < 1.29 is 9.50 Å². The molecule has 18 heavy (non-hydrogen) atoms. The van der Waals surface area contributed by atoms with Crippen molar-refractivity contribution >= 4 is 11.6 Å². The van der Waals surface area contributed by atoms with Gasteiger partial charge in [-0.15, -0.1) is 0 Å². The van der Waals surface area contributed by atoms with Crippen molar-refractivity contribution in [3.8, 4) is 0 Å². The molecule has 1 atom stereocenters. The maximum atomic E-state index is 13.3. The fourth-order valence-corrected chi connectivity index (χ4v) is 2.83. The zero-order chi connectivity index (χ0) is 13.0. The molecule has 0 unspecified atom stereocenters. The molecule has 4 heteroatoms. The third-order valence-electron chi connectivity index (χ3n) is 3.52. The maximum Gasteiger partial charge on any atom is 0.125 e. The van der Waals surface area contributed by atoms with Gasteiger partial charge in [-0.2, -0.15) is 0 Å². The lowest BCUT2D eigenvalue weighted by Gasteiger charge is -2.28. The van der Waals surface area contributed by atoms with E-state index >= 15 is 0 Å². The zero-order valence-corrected chi connectivity index (χ0v) is 11.2. The minimum Gasteiger partial charge on any atom is -0.395 e. The molecular formula is C14H19ClFNO. The quantitative estimate of drug-likeness (QED) is 0.912. The fraction of sp³-hybridized carbons (Fsp3) is 0.571. The minimum atomic E-state index is -0.298. The molecule has 1 aliphatic rings. The molecule has 1 saturated heterocycles. The van der Waals surface area contributed by atoms with Crippen LogP contribution in [0.4, 0.5) is 4.39 Å². The normalized spacial score (nSPS) is 21.8. The summed E-state index contributed by atoms with van der Waals surface area (Å²) in [4.78, 5) is 2.23. The number of nitrogens with zero attached hydrogens (tertiary/aromatic N) is 1. The summed E-state index contributed by atoms with van der Waals surface area (Å²) in [5, 5.41) is 9.86. The molecule has 0 amide bonds. The highest BCUT2D eigenvalue weighted by molar-refractivity contribution is 6.30. The molecule has 2 nitrogen and oxygen atoms in total. The van der Waals surface area contributed by atoms with Gasteiger partial charge < -0.3 is 5.11 Å². The van der Waals surface area contributed by atoms with E-state index in [1.165, 1.54) is 18.6 Å². The Morgan fingerprint density at radius 2 is 2.11 bits per heavy atom. The van der Waals surface area contributed by atoms with Gasteiger partial charge in [0, 0.05) is 17.6 Å². The van der Waals surface area contributed by atoms with E-state index in [2.05, 4.69) is 4.90 Å². The van der Waals surface area contributed by atoms with E-state index in [0.717, 1.165) is 31.4 Å². The summed E-state index contributed by atoms with van der Waals surface area (Å²) >= 11 is 5.86. The third-order valence-corrected chi connectivity index (χ3v) is 3.74. The van der Waals surface area contributed by atoms with Crippen LogP contribution in [0.5, 0.6) is 0 Å². The van der Waals surface area contributed by atoms with E-state index in [9.17, 15) is 9.50 Å². The highest BCUT2D eigenvalue weighted by Crippen LogP contribution is 2.21. The summed E-state index contributed by atoms with van der Waals surface area (Å²) in [5.41, 5.74) is 0.875. The van der Waals surface area contributed by atoms with Crippen molar-refractivity contribution in [2.75, 3.05) is 13.2 Å². The second-order valence-electron chi connectivity index (χ2n) is 4.93. The molecular weight excluding hydrogens is 253 g/mol. The van der Waals surface area contributed by atoms with Gasteiger partial charge in [0.2, 0.25) is 0 Å². The van der Waals surface area contributed by atoms with Gasteiger partial charge in [-0.25, -0.2) is 4.39 Å². The van der Waals surface area contributed by atoms with Crippen molar-refractivity contribution in [1.29, 1.82) is 0 Å². The molecule has 1 aliphatic heterocycles. The van der Waals surface area contributed by atoms with Gasteiger partial charge in [-0.1, -0.05) is 24.4 Å². The summed E-state index contributed by atoms with van der Waals surface area (Å²) in [6, 6.07) is 4.82. The van der Waals surface area contributed by atoms with Gasteiger partial charge in [0.1, 0.15) is 5.82 Å². The van der Waals surface area contributed by atoms with Crippen molar-refractivity contribution in [2.24, 2.45) is 0 Å². The lowest BCUT2D eigenvalue weighted by atomic mass is 10.1. The molecule has 0 aromatic heterocycles. The number of likely N-dealkylation sites (tertiary alicyclic amines) is 1. The number of halogens is 2.